The lowest BCUT2D eigenvalue weighted by Gasteiger charge is -2.31. The van der Waals surface area contributed by atoms with Crippen molar-refractivity contribution >= 4 is 0 Å². The molecular weight excluding hydrogens is 246 g/mol. The van der Waals surface area contributed by atoms with E-state index in [-0.39, 0.29) is 0 Å². The van der Waals surface area contributed by atoms with Gasteiger partial charge in [-0.2, -0.15) is 0 Å². The Morgan fingerprint density at radius 3 is 2.35 bits per heavy atom. The first kappa shape index (κ1) is 15.4. The molecule has 2 rings (SSSR count). The topological polar surface area (TPSA) is 21.3 Å². The number of ether oxygens (including phenoxy) is 1. The lowest BCUT2D eigenvalue weighted by atomic mass is 9.83. The van der Waals surface area contributed by atoms with E-state index in [0.29, 0.717) is 12.1 Å². The first-order valence-corrected chi connectivity index (χ1v) is 8.13. The van der Waals surface area contributed by atoms with Crippen LogP contribution in [0.3, 0.4) is 0 Å². The van der Waals surface area contributed by atoms with Crippen LogP contribution in [0.5, 0.6) is 5.75 Å². The zero-order valence-electron chi connectivity index (χ0n) is 13.2. The molecule has 0 unspecified atom stereocenters. The van der Waals surface area contributed by atoms with Crippen LogP contribution < -0.4 is 10.1 Å². The van der Waals surface area contributed by atoms with E-state index in [2.05, 4.69) is 31.3 Å². The molecule has 0 heterocycles. The summed E-state index contributed by atoms with van der Waals surface area (Å²) in [6.45, 7) is 4.57. The van der Waals surface area contributed by atoms with Crippen LogP contribution in [0, 0.1) is 5.92 Å². The Morgan fingerprint density at radius 2 is 1.80 bits per heavy atom. The number of nitrogens with one attached hydrogen (secondary N) is 1. The molecule has 0 aliphatic heterocycles. The fraction of sp³-hybridized carbons (Fsp3) is 0.667. The van der Waals surface area contributed by atoms with Crippen LogP contribution in [0.4, 0.5) is 0 Å². The maximum Gasteiger partial charge on any atom is 0.118 e. The fourth-order valence-corrected chi connectivity index (χ4v) is 3.37. The first-order valence-electron chi connectivity index (χ1n) is 8.13. The molecule has 1 fully saturated rings. The standard InChI is InChI=1S/C18H29NO/c1-4-5-15-6-10-17(11-7-15)19-14(2)16-8-12-18(20-3)13-9-16/h8-9,12-15,17,19H,4-7,10-11H2,1-3H3/t14-,15?,17?/m0/s1. The lowest BCUT2D eigenvalue weighted by molar-refractivity contribution is 0.266. The third-order valence-corrected chi connectivity index (χ3v) is 4.65. The highest BCUT2D eigenvalue weighted by Gasteiger charge is 2.21. The zero-order valence-corrected chi connectivity index (χ0v) is 13.2. The normalized spacial score (nSPS) is 24.4. The Hall–Kier alpha value is -1.02. The molecule has 0 bridgehead atoms. The first-order chi connectivity index (χ1) is 9.72. The van der Waals surface area contributed by atoms with Crippen molar-refractivity contribution < 1.29 is 4.74 Å². The van der Waals surface area contributed by atoms with Gasteiger partial charge in [-0.05, 0) is 56.2 Å². The summed E-state index contributed by atoms with van der Waals surface area (Å²) < 4.78 is 5.21. The average Bonchev–Trinajstić information content (AvgIpc) is 2.49. The highest BCUT2D eigenvalue weighted by Crippen LogP contribution is 2.29. The van der Waals surface area contributed by atoms with Gasteiger partial charge in [0.1, 0.15) is 5.75 Å². The zero-order chi connectivity index (χ0) is 14.4. The Morgan fingerprint density at radius 1 is 1.15 bits per heavy atom. The monoisotopic (exact) mass is 275 g/mol. The van der Waals surface area contributed by atoms with Gasteiger partial charge in [0.15, 0.2) is 0 Å². The second-order valence-corrected chi connectivity index (χ2v) is 6.17. The molecule has 1 aliphatic rings. The third kappa shape index (κ3) is 4.24. The van der Waals surface area contributed by atoms with Gasteiger partial charge < -0.3 is 10.1 Å². The molecule has 1 aromatic rings. The van der Waals surface area contributed by atoms with Crippen LogP contribution in [-0.4, -0.2) is 13.2 Å². The highest BCUT2D eigenvalue weighted by atomic mass is 16.5. The van der Waals surface area contributed by atoms with Gasteiger partial charge in [-0.15, -0.1) is 0 Å². The van der Waals surface area contributed by atoms with Crippen LogP contribution >= 0.6 is 0 Å². The SMILES string of the molecule is CCCC1CCC(N[C@@H](C)c2ccc(OC)cc2)CC1. The van der Waals surface area contributed by atoms with Crippen LogP contribution in [0.25, 0.3) is 0 Å². The summed E-state index contributed by atoms with van der Waals surface area (Å²) >= 11 is 0. The average molecular weight is 275 g/mol. The molecule has 1 N–H and O–H groups in total. The molecule has 20 heavy (non-hydrogen) atoms. The predicted molar refractivity (Wildman–Crippen MR) is 85.2 cm³/mol. The molecule has 2 nitrogen and oxygen atoms in total. The summed E-state index contributed by atoms with van der Waals surface area (Å²) in [5.74, 6) is 1.91. The lowest BCUT2D eigenvalue weighted by Crippen LogP contribution is -2.35. The third-order valence-electron chi connectivity index (χ3n) is 4.65. The van der Waals surface area contributed by atoms with Crippen molar-refractivity contribution in [2.75, 3.05) is 7.11 Å². The van der Waals surface area contributed by atoms with Gasteiger partial charge in [-0.1, -0.05) is 31.9 Å². The molecule has 0 radical (unpaired) electrons. The summed E-state index contributed by atoms with van der Waals surface area (Å²) in [5, 5.41) is 3.79. The van der Waals surface area contributed by atoms with E-state index >= 15 is 0 Å². The minimum atomic E-state index is 0.425. The van der Waals surface area contributed by atoms with Crippen molar-refractivity contribution in [3.8, 4) is 5.75 Å². The number of rotatable bonds is 6. The molecule has 1 saturated carbocycles. The van der Waals surface area contributed by atoms with Crippen LogP contribution in [0.1, 0.15) is 64.0 Å². The van der Waals surface area contributed by atoms with Crippen LogP contribution in [0.2, 0.25) is 0 Å². The molecule has 0 spiro atoms. The van der Waals surface area contributed by atoms with Crippen LogP contribution in [-0.2, 0) is 0 Å². The van der Waals surface area contributed by atoms with Gasteiger partial charge in [-0.3, -0.25) is 0 Å². The number of hydrogen-bond donors (Lipinski definition) is 1. The van der Waals surface area contributed by atoms with Crippen molar-refractivity contribution in [2.24, 2.45) is 5.92 Å². The Bertz CT molecular complexity index is 379. The molecule has 0 aromatic heterocycles. The molecule has 0 saturated heterocycles. The van der Waals surface area contributed by atoms with Crippen molar-refractivity contribution in [3.05, 3.63) is 29.8 Å². The molecule has 2 heteroatoms. The Kier molecular flexibility index (Phi) is 5.90. The molecular formula is C18H29NO. The smallest absolute Gasteiger partial charge is 0.118 e. The van der Waals surface area contributed by atoms with Crippen molar-refractivity contribution in [3.63, 3.8) is 0 Å². The van der Waals surface area contributed by atoms with Gasteiger partial charge >= 0.3 is 0 Å². The molecule has 0 amide bonds. The van der Waals surface area contributed by atoms with E-state index < -0.39 is 0 Å². The number of hydrogen-bond acceptors (Lipinski definition) is 2. The summed E-state index contributed by atoms with van der Waals surface area (Å²) in [7, 11) is 1.71. The van der Waals surface area contributed by atoms with Gasteiger partial charge in [0.25, 0.3) is 0 Å². The van der Waals surface area contributed by atoms with E-state index in [4.69, 9.17) is 4.74 Å². The highest BCUT2D eigenvalue weighted by molar-refractivity contribution is 5.28. The second kappa shape index (κ2) is 7.68. The van der Waals surface area contributed by atoms with E-state index in [1.807, 2.05) is 12.1 Å². The van der Waals surface area contributed by atoms with Crippen molar-refractivity contribution in [1.82, 2.24) is 5.32 Å². The quantitative estimate of drug-likeness (QED) is 0.812. The minimum absolute atomic E-state index is 0.425. The van der Waals surface area contributed by atoms with Crippen molar-refractivity contribution in [2.45, 2.75) is 64.5 Å². The molecule has 1 aromatic carbocycles. The Labute approximate surface area is 123 Å². The largest absolute Gasteiger partial charge is 0.497 e. The van der Waals surface area contributed by atoms with Gasteiger partial charge in [0.05, 0.1) is 7.11 Å². The van der Waals surface area contributed by atoms with E-state index in [9.17, 15) is 0 Å². The van der Waals surface area contributed by atoms with Gasteiger partial charge in [0, 0.05) is 12.1 Å². The number of methoxy groups -OCH3 is 1. The van der Waals surface area contributed by atoms with E-state index in [1.165, 1.54) is 44.1 Å². The summed E-state index contributed by atoms with van der Waals surface area (Å²) in [6.07, 6.45) is 8.24. The van der Waals surface area contributed by atoms with Crippen LogP contribution in [0.15, 0.2) is 24.3 Å². The summed E-state index contributed by atoms with van der Waals surface area (Å²) in [5.41, 5.74) is 1.35. The maximum atomic E-state index is 5.21. The molecule has 112 valence electrons. The van der Waals surface area contributed by atoms with E-state index in [0.717, 1.165) is 11.7 Å². The number of benzene rings is 1. The summed E-state index contributed by atoms with van der Waals surface area (Å²) in [6, 6.07) is 9.55. The van der Waals surface area contributed by atoms with Gasteiger partial charge in [0.2, 0.25) is 0 Å². The van der Waals surface area contributed by atoms with E-state index in [1.54, 1.807) is 7.11 Å². The maximum absolute atomic E-state index is 5.21. The minimum Gasteiger partial charge on any atom is -0.497 e. The van der Waals surface area contributed by atoms with Crippen molar-refractivity contribution in [1.29, 1.82) is 0 Å². The molecule has 1 aliphatic carbocycles. The predicted octanol–water partition coefficient (Wildman–Crippen LogP) is 4.70. The Balaban J connectivity index is 1.81. The fourth-order valence-electron chi connectivity index (χ4n) is 3.37. The second-order valence-electron chi connectivity index (χ2n) is 6.17. The molecule has 1 atom stereocenters. The summed E-state index contributed by atoms with van der Waals surface area (Å²) in [4.78, 5) is 0. The van der Waals surface area contributed by atoms with Gasteiger partial charge in [-0.25, -0.2) is 0 Å².